The van der Waals surface area contributed by atoms with Gasteiger partial charge in [-0.15, -0.1) is 0 Å². The van der Waals surface area contributed by atoms with Crippen molar-refractivity contribution in [3.8, 4) is 11.3 Å². The highest BCUT2D eigenvalue weighted by Gasteiger charge is 2.15. The van der Waals surface area contributed by atoms with Crippen LogP contribution < -0.4 is 10.6 Å². The van der Waals surface area contributed by atoms with E-state index in [9.17, 15) is 4.79 Å². The fourth-order valence-electron chi connectivity index (χ4n) is 3.60. The van der Waals surface area contributed by atoms with Gasteiger partial charge in [-0.3, -0.25) is 4.79 Å². The van der Waals surface area contributed by atoms with Crippen molar-refractivity contribution in [1.29, 1.82) is 0 Å². The Morgan fingerprint density at radius 1 is 0.758 bits per heavy atom. The van der Waals surface area contributed by atoms with E-state index in [-0.39, 0.29) is 5.91 Å². The minimum atomic E-state index is -0.211. The predicted molar refractivity (Wildman–Crippen MR) is 137 cm³/mol. The quantitative estimate of drug-likeness (QED) is 0.274. The monoisotopic (exact) mass is 494 g/mol. The van der Waals surface area contributed by atoms with Crippen molar-refractivity contribution in [3.63, 3.8) is 0 Å². The van der Waals surface area contributed by atoms with Gasteiger partial charge < -0.3 is 10.6 Å². The van der Waals surface area contributed by atoms with E-state index in [1.54, 1.807) is 6.07 Å². The van der Waals surface area contributed by atoms with Gasteiger partial charge in [0.1, 0.15) is 0 Å². The summed E-state index contributed by atoms with van der Waals surface area (Å²) in [4.78, 5) is 22.5. The normalized spacial score (nSPS) is 10.7. The minimum Gasteiger partial charge on any atom is -0.323 e. The Bertz CT molecular complexity index is 1440. The van der Waals surface area contributed by atoms with Crippen LogP contribution in [0.25, 0.3) is 22.2 Å². The number of carbonyl (C=O) groups excluding carboxylic acids is 1. The first-order chi connectivity index (χ1) is 16.2. The lowest BCUT2D eigenvalue weighted by Crippen LogP contribution is -2.14. The lowest BCUT2D eigenvalue weighted by atomic mass is 10.1. The van der Waals surface area contributed by atoms with Crippen LogP contribution in [-0.4, -0.2) is 15.9 Å². The lowest BCUT2D eigenvalue weighted by molar-refractivity contribution is 0.102. The molecule has 0 saturated heterocycles. The lowest BCUT2D eigenvalue weighted by Gasteiger charge is -2.14. The molecule has 5 nitrogen and oxygen atoms in total. The van der Waals surface area contributed by atoms with Gasteiger partial charge in [0.25, 0.3) is 5.91 Å². The second kappa shape index (κ2) is 9.22. The van der Waals surface area contributed by atoms with Crippen molar-refractivity contribution in [1.82, 2.24) is 9.97 Å². The van der Waals surface area contributed by atoms with E-state index in [2.05, 4.69) is 26.6 Å². The highest BCUT2D eigenvalue weighted by atomic mass is 79.9. The molecule has 0 bridgehead atoms. The maximum absolute atomic E-state index is 13.0. The van der Waals surface area contributed by atoms with Gasteiger partial charge in [-0.25, -0.2) is 9.97 Å². The van der Waals surface area contributed by atoms with E-state index < -0.39 is 0 Å². The van der Waals surface area contributed by atoms with Gasteiger partial charge in [-0.2, -0.15) is 0 Å². The average Bonchev–Trinajstić information content (AvgIpc) is 2.85. The van der Waals surface area contributed by atoms with Gasteiger partial charge in [-0.05, 0) is 42.5 Å². The summed E-state index contributed by atoms with van der Waals surface area (Å²) < 4.78 is 0.958. The zero-order valence-corrected chi connectivity index (χ0v) is 19.1. The molecule has 6 heteroatoms. The number of rotatable bonds is 5. The van der Waals surface area contributed by atoms with E-state index in [4.69, 9.17) is 9.97 Å². The number of aromatic nitrogens is 2. The van der Waals surface area contributed by atoms with E-state index in [0.29, 0.717) is 17.2 Å². The van der Waals surface area contributed by atoms with Crippen molar-refractivity contribution < 1.29 is 4.79 Å². The topological polar surface area (TPSA) is 66.9 Å². The molecule has 0 aliphatic heterocycles. The maximum atomic E-state index is 13.0. The molecular formula is C27H19BrN4O. The Morgan fingerprint density at radius 2 is 1.45 bits per heavy atom. The highest BCUT2D eigenvalue weighted by molar-refractivity contribution is 9.10. The Hall–Kier alpha value is -4.03. The van der Waals surface area contributed by atoms with Gasteiger partial charge in [0.05, 0.1) is 22.5 Å². The predicted octanol–water partition coefficient (Wildman–Crippen LogP) is 7.06. The first-order valence-corrected chi connectivity index (χ1v) is 11.2. The fourth-order valence-corrected chi connectivity index (χ4v) is 3.96. The summed E-state index contributed by atoms with van der Waals surface area (Å²) in [6.45, 7) is 0. The molecule has 5 rings (SSSR count). The molecule has 0 unspecified atom stereocenters. The zero-order valence-electron chi connectivity index (χ0n) is 17.5. The second-order valence-electron chi connectivity index (χ2n) is 7.41. The van der Waals surface area contributed by atoms with E-state index in [1.165, 1.54) is 0 Å². The van der Waals surface area contributed by atoms with Crippen LogP contribution in [0.4, 0.5) is 17.3 Å². The summed E-state index contributed by atoms with van der Waals surface area (Å²) >= 11 is 3.55. The second-order valence-corrected chi connectivity index (χ2v) is 8.33. The van der Waals surface area contributed by atoms with E-state index in [1.807, 2.05) is 97.1 Å². The summed E-state index contributed by atoms with van der Waals surface area (Å²) in [5.74, 6) is 0.209. The van der Waals surface area contributed by atoms with Gasteiger partial charge >= 0.3 is 0 Å². The molecule has 1 amide bonds. The number of benzene rings is 4. The van der Waals surface area contributed by atoms with Crippen molar-refractivity contribution >= 4 is 50.1 Å². The molecule has 0 aliphatic carbocycles. The average molecular weight is 495 g/mol. The van der Waals surface area contributed by atoms with Gasteiger partial charge in [-0.1, -0.05) is 76.6 Å². The molecule has 0 atom stereocenters. The molecule has 0 radical (unpaired) electrons. The Kier molecular flexibility index (Phi) is 5.83. The number of amides is 1. The van der Waals surface area contributed by atoms with Crippen molar-refractivity contribution in [2.24, 2.45) is 0 Å². The number of anilines is 3. The minimum absolute atomic E-state index is 0.211. The molecular weight excluding hydrogens is 476 g/mol. The Labute approximate surface area is 199 Å². The van der Waals surface area contributed by atoms with Gasteiger partial charge in [0.2, 0.25) is 5.95 Å². The molecule has 0 spiro atoms. The smallest absolute Gasteiger partial charge is 0.257 e. The van der Waals surface area contributed by atoms with Gasteiger partial charge in [0, 0.05) is 21.1 Å². The third kappa shape index (κ3) is 4.61. The summed E-state index contributed by atoms with van der Waals surface area (Å²) in [7, 11) is 0. The summed E-state index contributed by atoms with van der Waals surface area (Å²) in [6.07, 6.45) is 0. The van der Waals surface area contributed by atoms with Crippen LogP contribution >= 0.6 is 15.9 Å². The molecule has 0 aliphatic rings. The Morgan fingerprint density at radius 3 is 2.24 bits per heavy atom. The van der Waals surface area contributed by atoms with Crippen LogP contribution in [0.15, 0.2) is 108 Å². The zero-order chi connectivity index (χ0) is 22.6. The molecule has 0 fully saturated rings. The highest BCUT2D eigenvalue weighted by Crippen LogP contribution is 2.30. The third-order valence-electron chi connectivity index (χ3n) is 5.15. The number of carbonyl (C=O) groups is 1. The van der Waals surface area contributed by atoms with Crippen LogP contribution in [0.3, 0.4) is 0 Å². The largest absolute Gasteiger partial charge is 0.323 e. The van der Waals surface area contributed by atoms with Crippen LogP contribution in [0, 0.1) is 0 Å². The van der Waals surface area contributed by atoms with E-state index >= 15 is 0 Å². The van der Waals surface area contributed by atoms with Crippen molar-refractivity contribution in [2.75, 3.05) is 10.6 Å². The van der Waals surface area contributed by atoms with Crippen molar-refractivity contribution in [2.45, 2.75) is 0 Å². The number of hydrogen-bond acceptors (Lipinski definition) is 4. The molecule has 1 heterocycles. The molecule has 0 saturated carbocycles. The summed E-state index contributed by atoms with van der Waals surface area (Å²) in [6, 6.07) is 32.6. The number of nitrogens with zero attached hydrogens (tertiary/aromatic N) is 2. The Balaban J connectivity index is 1.54. The summed E-state index contributed by atoms with van der Waals surface area (Å²) in [5, 5.41) is 7.13. The van der Waals surface area contributed by atoms with Crippen LogP contribution in [0.1, 0.15) is 10.4 Å². The number of hydrogen-bond donors (Lipinski definition) is 2. The first-order valence-electron chi connectivity index (χ1n) is 10.4. The van der Waals surface area contributed by atoms with Gasteiger partial charge in [0.15, 0.2) is 0 Å². The molecule has 160 valence electrons. The van der Waals surface area contributed by atoms with E-state index in [0.717, 1.165) is 32.3 Å². The fraction of sp³-hybridized carbons (Fsp3) is 0. The van der Waals surface area contributed by atoms with Crippen LogP contribution in [0.5, 0.6) is 0 Å². The standard InChI is InChI=1S/C27H19BrN4O/c28-19-15-16-24-22(17-19)25(18-9-3-1-4-10-18)32-27(31-24)30-23-14-8-7-13-21(23)26(33)29-20-11-5-2-6-12-20/h1-17H,(H,29,33)(H,30,31,32). The number of halogens is 1. The van der Waals surface area contributed by atoms with Crippen LogP contribution in [-0.2, 0) is 0 Å². The maximum Gasteiger partial charge on any atom is 0.257 e. The molecule has 2 N–H and O–H groups in total. The third-order valence-corrected chi connectivity index (χ3v) is 5.65. The molecule has 33 heavy (non-hydrogen) atoms. The number of nitrogens with one attached hydrogen (secondary N) is 2. The van der Waals surface area contributed by atoms with Crippen molar-refractivity contribution in [3.05, 3.63) is 113 Å². The molecule has 1 aromatic heterocycles. The molecule has 5 aromatic rings. The van der Waals surface area contributed by atoms with Crippen LogP contribution in [0.2, 0.25) is 0 Å². The SMILES string of the molecule is O=C(Nc1ccccc1)c1ccccc1Nc1nc(-c2ccccc2)c2cc(Br)ccc2n1. The number of fused-ring (bicyclic) bond motifs is 1. The first kappa shape index (κ1) is 20.8. The number of para-hydroxylation sites is 2. The molecule has 4 aromatic carbocycles. The summed E-state index contributed by atoms with van der Waals surface area (Å²) in [5.41, 5.74) is 4.47.